The molecule has 0 aliphatic heterocycles. The summed E-state index contributed by atoms with van der Waals surface area (Å²) in [5.41, 5.74) is 5.83. The van der Waals surface area contributed by atoms with Gasteiger partial charge in [-0.25, -0.2) is 0 Å². The van der Waals surface area contributed by atoms with Gasteiger partial charge in [-0.15, -0.1) is 0 Å². The first-order chi connectivity index (χ1) is 9.65. The molecule has 0 radical (unpaired) electrons. The van der Waals surface area contributed by atoms with Crippen molar-refractivity contribution in [2.24, 2.45) is 11.7 Å². The predicted octanol–water partition coefficient (Wildman–Crippen LogP) is 1.60. The van der Waals surface area contributed by atoms with Crippen LogP contribution in [0.25, 0.3) is 0 Å². The molecule has 0 fully saturated rings. The van der Waals surface area contributed by atoms with Gasteiger partial charge in [-0.1, -0.05) is 12.1 Å². The largest absolute Gasteiger partial charge is 0.481 e. The molecule has 6 nitrogen and oxygen atoms in total. The molecule has 1 unspecified atom stereocenters. The molecule has 2 atom stereocenters. The first-order valence-corrected chi connectivity index (χ1v) is 6.37. The number of carboxylic acid groups (broad SMARTS) is 1. The van der Waals surface area contributed by atoms with Crippen LogP contribution in [0, 0.1) is 17.2 Å². The number of hydrogen-bond acceptors (Lipinski definition) is 5. The number of benzene rings is 1. The number of carboxylic acids is 1. The lowest BCUT2D eigenvalue weighted by Crippen LogP contribution is -2.39. The van der Waals surface area contributed by atoms with E-state index in [1.54, 1.807) is 39.0 Å². The van der Waals surface area contributed by atoms with Crippen LogP contribution in [-0.4, -0.2) is 22.6 Å². The van der Waals surface area contributed by atoms with Crippen LogP contribution in [0.4, 0.5) is 0 Å². The summed E-state index contributed by atoms with van der Waals surface area (Å²) < 4.78 is 5.10. The fourth-order valence-electron chi connectivity index (χ4n) is 1.77. The molecule has 0 saturated heterocycles. The van der Waals surface area contributed by atoms with E-state index >= 15 is 0 Å². The van der Waals surface area contributed by atoms with E-state index in [2.05, 4.69) is 0 Å². The highest BCUT2D eigenvalue weighted by molar-refractivity contribution is 5.95. The molecule has 0 saturated carbocycles. The maximum Gasteiger partial charge on any atom is 0.322 e. The maximum atomic E-state index is 12.0. The van der Waals surface area contributed by atoms with Crippen molar-refractivity contribution < 1.29 is 19.4 Å². The molecule has 0 heterocycles. The van der Waals surface area contributed by atoms with Crippen LogP contribution >= 0.6 is 0 Å². The summed E-state index contributed by atoms with van der Waals surface area (Å²) in [6.45, 7) is 4.93. The van der Waals surface area contributed by atoms with Crippen molar-refractivity contribution in [2.75, 3.05) is 0 Å². The number of nitrogens with zero attached hydrogens (tertiary/aromatic N) is 1. The van der Waals surface area contributed by atoms with Crippen molar-refractivity contribution in [3.8, 4) is 6.07 Å². The van der Waals surface area contributed by atoms with E-state index < -0.39 is 29.5 Å². The number of esters is 1. The Morgan fingerprint density at radius 1 is 1.38 bits per heavy atom. The van der Waals surface area contributed by atoms with Crippen molar-refractivity contribution in [3.05, 3.63) is 35.4 Å². The third-order valence-electron chi connectivity index (χ3n) is 2.69. The fraction of sp³-hybridized carbons (Fsp3) is 0.400. The Hall–Kier alpha value is -2.39. The summed E-state index contributed by atoms with van der Waals surface area (Å²) in [6.07, 6.45) is 0. The van der Waals surface area contributed by atoms with Crippen molar-refractivity contribution in [3.63, 3.8) is 0 Å². The van der Waals surface area contributed by atoms with Crippen LogP contribution in [0.3, 0.4) is 0 Å². The predicted molar refractivity (Wildman–Crippen MR) is 75.1 cm³/mol. The number of carbonyl (C=O) groups excluding carboxylic acids is 1. The van der Waals surface area contributed by atoms with Gasteiger partial charge in [0.15, 0.2) is 5.92 Å². The zero-order valence-corrected chi connectivity index (χ0v) is 12.2. The molecule has 0 amide bonds. The van der Waals surface area contributed by atoms with Gasteiger partial charge in [-0.05, 0) is 38.5 Å². The smallest absolute Gasteiger partial charge is 0.322 e. The molecule has 6 heteroatoms. The molecule has 3 N–H and O–H groups in total. The summed E-state index contributed by atoms with van der Waals surface area (Å²) in [5, 5.41) is 18.1. The lowest BCUT2D eigenvalue weighted by Gasteiger charge is -2.25. The third-order valence-corrected chi connectivity index (χ3v) is 2.69. The number of rotatable bonds is 4. The minimum absolute atomic E-state index is 0.344. The first kappa shape index (κ1) is 16.7. The van der Waals surface area contributed by atoms with E-state index in [1.807, 2.05) is 6.07 Å². The Balaban J connectivity index is 3.08. The SMILES string of the molecule is CC(C)(C)OC(=O)[C@@H](C(=O)O)C(N)c1cccc(C#N)c1. The number of aliphatic carboxylic acids is 1. The molecule has 1 rings (SSSR count). The molecule has 0 aliphatic rings. The summed E-state index contributed by atoms with van der Waals surface area (Å²) in [5.74, 6) is -3.79. The Labute approximate surface area is 123 Å². The third kappa shape index (κ3) is 4.58. The normalized spacial score (nSPS) is 13.9. The standard InChI is InChI=1S/C15H18N2O4/c1-15(2,3)21-14(20)11(13(18)19)12(17)10-6-4-5-9(7-10)8-16/h4-7,11-12H,17H2,1-3H3,(H,18,19)/t11-,12?/m1/s1. The van der Waals surface area contributed by atoms with E-state index in [0.717, 1.165) is 0 Å². The molecule has 21 heavy (non-hydrogen) atoms. The number of nitriles is 1. The van der Waals surface area contributed by atoms with Gasteiger partial charge in [0.05, 0.1) is 17.7 Å². The number of carbonyl (C=O) groups is 2. The minimum atomic E-state index is -1.53. The number of hydrogen-bond donors (Lipinski definition) is 2. The average molecular weight is 290 g/mol. The Morgan fingerprint density at radius 3 is 2.48 bits per heavy atom. The van der Waals surface area contributed by atoms with Crippen molar-refractivity contribution in [1.82, 2.24) is 0 Å². The summed E-state index contributed by atoms with van der Waals surface area (Å²) >= 11 is 0. The van der Waals surface area contributed by atoms with Crippen LogP contribution in [0.2, 0.25) is 0 Å². The van der Waals surface area contributed by atoms with Gasteiger partial charge >= 0.3 is 11.9 Å². The van der Waals surface area contributed by atoms with Crippen LogP contribution in [-0.2, 0) is 14.3 Å². The van der Waals surface area contributed by atoms with Gasteiger partial charge in [0.25, 0.3) is 0 Å². The zero-order chi connectivity index (χ0) is 16.2. The van der Waals surface area contributed by atoms with Gasteiger partial charge < -0.3 is 15.6 Å². The fourth-order valence-corrected chi connectivity index (χ4v) is 1.77. The van der Waals surface area contributed by atoms with Crippen LogP contribution < -0.4 is 5.73 Å². The maximum absolute atomic E-state index is 12.0. The zero-order valence-electron chi connectivity index (χ0n) is 12.2. The van der Waals surface area contributed by atoms with E-state index in [-0.39, 0.29) is 0 Å². The van der Waals surface area contributed by atoms with E-state index in [4.69, 9.17) is 15.7 Å². The van der Waals surface area contributed by atoms with Crippen molar-refractivity contribution in [1.29, 1.82) is 5.26 Å². The summed E-state index contributed by atoms with van der Waals surface area (Å²) in [4.78, 5) is 23.4. The summed E-state index contributed by atoms with van der Waals surface area (Å²) in [6, 6.07) is 7.04. The average Bonchev–Trinajstić information content (AvgIpc) is 2.36. The van der Waals surface area contributed by atoms with Crippen LogP contribution in [0.15, 0.2) is 24.3 Å². The molecule has 112 valence electrons. The van der Waals surface area contributed by atoms with Gasteiger partial charge in [0.2, 0.25) is 0 Å². The van der Waals surface area contributed by atoms with Gasteiger partial charge in [0, 0.05) is 0 Å². The van der Waals surface area contributed by atoms with Crippen molar-refractivity contribution in [2.45, 2.75) is 32.4 Å². The molecule has 0 bridgehead atoms. The second-order valence-electron chi connectivity index (χ2n) is 5.61. The molecular formula is C15H18N2O4. The lowest BCUT2D eigenvalue weighted by molar-refractivity contribution is -0.167. The topological polar surface area (TPSA) is 113 Å². The highest BCUT2D eigenvalue weighted by atomic mass is 16.6. The molecule has 1 aromatic rings. The monoisotopic (exact) mass is 290 g/mol. The van der Waals surface area contributed by atoms with Gasteiger partial charge in [-0.3, -0.25) is 9.59 Å². The Bertz CT molecular complexity index is 584. The van der Waals surface area contributed by atoms with Gasteiger partial charge in [0.1, 0.15) is 5.60 Å². The second kappa shape index (κ2) is 6.37. The van der Waals surface area contributed by atoms with E-state index in [1.165, 1.54) is 6.07 Å². The highest BCUT2D eigenvalue weighted by Crippen LogP contribution is 2.24. The second-order valence-corrected chi connectivity index (χ2v) is 5.61. The number of ether oxygens (including phenoxy) is 1. The highest BCUT2D eigenvalue weighted by Gasteiger charge is 2.37. The van der Waals surface area contributed by atoms with Crippen molar-refractivity contribution >= 4 is 11.9 Å². The first-order valence-electron chi connectivity index (χ1n) is 6.37. The Kier molecular flexibility index (Phi) is 5.06. The Morgan fingerprint density at radius 2 is 2.00 bits per heavy atom. The quantitative estimate of drug-likeness (QED) is 0.643. The summed E-state index contributed by atoms with van der Waals surface area (Å²) in [7, 11) is 0. The van der Waals surface area contributed by atoms with Crippen LogP contribution in [0.5, 0.6) is 0 Å². The van der Waals surface area contributed by atoms with E-state index in [9.17, 15) is 14.7 Å². The number of nitrogens with two attached hydrogens (primary N) is 1. The minimum Gasteiger partial charge on any atom is -0.481 e. The molecular weight excluding hydrogens is 272 g/mol. The van der Waals surface area contributed by atoms with Crippen LogP contribution in [0.1, 0.15) is 37.9 Å². The van der Waals surface area contributed by atoms with E-state index in [0.29, 0.717) is 11.1 Å². The molecule has 0 aliphatic carbocycles. The van der Waals surface area contributed by atoms with Gasteiger partial charge in [-0.2, -0.15) is 5.26 Å². The molecule has 1 aromatic carbocycles. The molecule has 0 aromatic heterocycles. The molecule has 0 spiro atoms. The lowest BCUT2D eigenvalue weighted by atomic mass is 9.92.